The number of hydrogen-bond donors (Lipinski definition) is 1. The van der Waals surface area contributed by atoms with Gasteiger partial charge in [0.15, 0.2) is 5.96 Å². The number of hydrogen-bond acceptors (Lipinski definition) is 6. The summed E-state index contributed by atoms with van der Waals surface area (Å²) in [4.78, 5) is 26.9. The number of thiophene rings is 1. The van der Waals surface area contributed by atoms with Crippen LogP contribution in [0.25, 0.3) is 10.8 Å². The van der Waals surface area contributed by atoms with E-state index in [2.05, 4.69) is 22.1 Å². The van der Waals surface area contributed by atoms with Gasteiger partial charge in [-0.2, -0.15) is 0 Å². The van der Waals surface area contributed by atoms with Crippen LogP contribution < -0.4 is 5.32 Å². The van der Waals surface area contributed by atoms with Crippen LogP contribution in [0.1, 0.15) is 25.5 Å². The molecule has 1 unspecified atom stereocenters. The summed E-state index contributed by atoms with van der Waals surface area (Å²) in [6.07, 6.45) is 3.24. The number of amides is 1. The van der Waals surface area contributed by atoms with Crippen molar-refractivity contribution in [1.29, 1.82) is 0 Å². The van der Waals surface area contributed by atoms with E-state index in [1.54, 1.807) is 17.6 Å². The van der Waals surface area contributed by atoms with E-state index in [0.29, 0.717) is 32.1 Å². The molecule has 0 saturated carbocycles. The third-order valence-corrected chi connectivity index (χ3v) is 5.96. The number of carbonyl (C=O) groups is 1. The number of guanidine groups is 1. The summed E-state index contributed by atoms with van der Waals surface area (Å²) in [6, 6.07) is 3.97. The Kier molecular flexibility index (Phi) is 8.51. The zero-order valence-electron chi connectivity index (χ0n) is 17.1. The molecule has 1 atom stereocenters. The summed E-state index contributed by atoms with van der Waals surface area (Å²) >= 11 is 1.60. The van der Waals surface area contributed by atoms with Crippen molar-refractivity contribution in [2.24, 2.45) is 4.99 Å². The zero-order valence-corrected chi connectivity index (χ0v) is 20.2. The van der Waals surface area contributed by atoms with Gasteiger partial charge in [-0.3, -0.25) is 4.79 Å². The number of aliphatic imine (C=N–C) groups is 1. The number of piperazine rings is 1. The van der Waals surface area contributed by atoms with Crippen LogP contribution in [0.5, 0.6) is 0 Å². The van der Waals surface area contributed by atoms with Crippen molar-refractivity contribution in [3.05, 3.63) is 29.5 Å². The molecule has 10 heteroatoms. The molecule has 164 valence electrons. The Hall–Kier alpha value is -1.66. The topological polar surface area (TPSA) is 83.2 Å². The second-order valence-corrected chi connectivity index (χ2v) is 8.05. The fourth-order valence-corrected chi connectivity index (χ4v) is 4.24. The minimum atomic E-state index is -0.242. The van der Waals surface area contributed by atoms with Crippen LogP contribution in [0.4, 0.5) is 0 Å². The van der Waals surface area contributed by atoms with Gasteiger partial charge in [-0.25, -0.2) is 9.98 Å². The minimum Gasteiger partial charge on any atom is -0.443 e. The van der Waals surface area contributed by atoms with E-state index in [9.17, 15) is 4.79 Å². The number of rotatable bonds is 5. The summed E-state index contributed by atoms with van der Waals surface area (Å²) in [7, 11) is 0. The van der Waals surface area contributed by atoms with Crippen molar-refractivity contribution in [3.63, 3.8) is 0 Å². The van der Waals surface area contributed by atoms with E-state index in [0.717, 1.165) is 49.0 Å². The van der Waals surface area contributed by atoms with Crippen LogP contribution in [0, 0.1) is 0 Å². The van der Waals surface area contributed by atoms with E-state index >= 15 is 0 Å². The fourth-order valence-electron chi connectivity index (χ4n) is 3.59. The smallest absolute Gasteiger partial charge is 0.251 e. The van der Waals surface area contributed by atoms with E-state index in [-0.39, 0.29) is 36.0 Å². The predicted octanol–water partition coefficient (Wildman–Crippen LogP) is 2.81. The molecule has 2 aliphatic rings. The molecule has 4 heterocycles. The van der Waals surface area contributed by atoms with Gasteiger partial charge in [0, 0.05) is 39.3 Å². The molecule has 1 amide bonds. The summed E-state index contributed by atoms with van der Waals surface area (Å²) in [5.41, 5.74) is 0.802. The third-order valence-electron chi connectivity index (χ3n) is 5.11. The van der Waals surface area contributed by atoms with Crippen molar-refractivity contribution < 1.29 is 13.9 Å². The Morgan fingerprint density at radius 2 is 2.13 bits per heavy atom. The van der Waals surface area contributed by atoms with Crippen molar-refractivity contribution in [1.82, 2.24) is 20.1 Å². The number of oxazole rings is 1. The van der Waals surface area contributed by atoms with Gasteiger partial charge in [0.1, 0.15) is 18.1 Å². The molecule has 2 saturated heterocycles. The lowest BCUT2D eigenvalue weighted by molar-refractivity contribution is -0.142. The van der Waals surface area contributed by atoms with E-state index < -0.39 is 0 Å². The van der Waals surface area contributed by atoms with Crippen molar-refractivity contribution in [3.8, 4) is 10.8 Å². The Bertz CT molecular complexity index is 827. The van der Waals surface area contributed by atoms with Crippen LogP contribution in [-0.2, 0) is 16.1 Å². The Balaban J connectivity index is 0.00000256. The number of carbonyl (C=O) groups excluding carboxylic acids is 1. The molecular formula is C20H28IN5O3S. The molecule has 30 heavy (non-hydrogen) atoms. The number of halogens is 1. The summed E-state index contributed by atoms with van der Waals surface area (Å²) in [6.45, 7) is 6.87. The van der Waals surface area contributed by atoms with Gasteiger partial charge in [-0.1, -0.05) is 6.07 Å². The number of ether oxygens (including phenoxy) is 1. The molecule has 0 aliphatic carbocycles. The van der Waals surface area contributed by atoms with Crippen LogP contribution in [0.15, 0.2) is 33.2 Å². The first-order valence-electron chi connectivity index (χ1n) is 10.2. The highest BCUT2D eigenvalue weighted by atomic mass is 127. The summed E-state index contributed by atoms with van der Waals surface area (Å²) in [5, 5.41) is 5.35. The van der Waals surface area contributed by atoms with Gasteiger partial charge < -0.3 is 24.3 Å². The van der Waals surface area contributed by atoms with Gasteiger partial charge >= 0.3 is 0 Å². The molecule has 1 N–H and O–H groups in total. The maximum absolute atomic E-state index is 12.5. The average molecular weight is 545 g/mol. The van der Waals surface area contributed by atoms with Crippen LogP contribution >= 0.6 is 35.3 Å². The van der Waals surface area contributed by atoms with E-state index in [4.69, 9.17) is 14.1 Å². The molecule has 0 aromatic carbocycles. The molecule has 2 aromatic rings. The van der Waals surface area contributed by atoms with E-state index in [1.807, 2.05) is 22.4 Å². The van der Waals surface area contributed by atoms with Crippen molar-refractivity contribution in [2.75, 3.05) is 39.3 Å². The predicted molar refractivity (Wildman–Crippen MR) is 127 cm³/mol. The second-order valence-electron chi connectivity index (χ2n) is 7.11. The highest BCUT2D eigenvalue weighted by Crippen LogP contribution is 2.23. The molecule has 0 bridgehead atoms. The number of aromatic nitrogens is 1. The van der Waals surface area contributed by atoms with Gasteiger partial charge in [-0.15, -0.1) is 35.3 Å². The van der Waals surface area contributed by atoms with Crippen LogP contribution in [0.2, 0.25) is 0 Å². The fraction of sp³-hybridized carbons (Fsp3) is 0.550. The first kappa shape index (κ1) is 23.0. The van der Waals surface area contributed by atoms with Gasteiger partial charge in [0.05, 0.1) is 11.4 Å². The second kappa shape index (κ2) is 11.1. The third kappa shape index (κ3) is 5.52. The minimum absolute atomic E-state index is 0. The molecular weight excluding hydrogens is 517 g/mol. The highest BCUT2D eigenvalue weighted by Gasteiger charge is 2.30. The SMILES string of the molecule is CCNC(=NCc1coc(-c2cccs2)n1)N1CCN(C(=O)C2CCCO2)CC1.I. The lowest BCUT2D eigenvalue weighted by Crippen LogP contribution is -2.55. The maximum atomic E-state index is 12.5. The van der Waals surface area contributed by atoms with Gasteiger partial charge in [0.25, 0.3) is 5.91 Å². The zero-order chi connectivity index (χ0) is 20.1. The number of nitrogens with one attached hydrogen (secondary N) is 1. The van der Waals surface area contributed by atoms with Crippen LogP contribution in [0.3, 0.4) is 0 Å². The largest absolute Gasteiger partial charge is 0.443 e. The first-order chi connectivity index (χ1) is 14.2. The molecule has 2 fully saturated rings. The Labute approximate surface area is 197 Å². The molecule has 2 aliphatic heterocycles. The average Bonchev–Trinajstić information content (AvgIpc) is 3.52. The van der Waals surface area contributed by atoms with Gasteiger partial charge in [-0.05, 0) is 31.2 Å². The first-order valence-corrected chi connectivity index (χ1v) is 11.0. The Morgan fingerprint density at radius 1 is 1.33 bits per heavy atom. The molecule has 0 radical (unpaired) electrons. The number of nitrogens with zero attached hydrogens (tertiary/aromatic N) is 4. The van der Waals surface area contributed by atoms with E-state index in [1.165, 1.54) is 0 Å². The molecule has 0 spiro atoms. The molecule has 2 aromatic heterocycles. The van der Waals surface area contributed by atoms with Crippen LogP contribution in [-0.4, -0.2) is 72.1 Å². The van der Waals surface area contributed by atoms with Crippen molar-refractivity contribution >= 4 is 47.2 Å². The summed E-state index contributed by atoms with van der Waals surface area (Å²) < 4.78 is 11.1. The van der Waals surface area contributed by atoms with Crippen molar-refractivity contribution in [2.45, 2.75) is 32.4 Å². The van der Waals surface area contributed by atoms with Gasteiger partial charge in [0.2, 0.25) is 5.89 Å². The quantitative estimate of drug-likeness (QED) is 0.354. The lowest BCUT2D eigenvalue weighted by atomic mass is 10.2. The lowest BCUT2D eigenvalue weighted by Gasteiger charge is -2.37. The standard InChI is InChI=1S/C20H27N5O3S.HI/c1-2-21-20(22-13-15-14-28-18(23-15)17-6-4-12-29-17)25-9-7-24(8-10-25)19(26)16-5-3-11-27-16;/h4,6,12,14,16H,2-3,5,7-11,13H2,1H3,(H,21,22);1H. The Morgan fingerprint density at radius 3 is 2.80 bits per heavy atom. The monoisotopic (exact) mass is 545 g/mol. The maximum Gasteiger partial charge on any atom is 0.251 e. The normalized spacial score (nSPS) is 19.6. The highest BCUT2D eigenvalue weighted by molar-refractivity contribution is 14.0. The molecule has 4 rings (SSSR count). The summed E-state index contributed by atoms with van der Waals surface area (Å²) in [5.74, 6) is 1.61. The molecule has 8 nitrogen and oxygen atoms in total.